The molecular weight excluding hydrogens is 521 g/mol. The van der Waals surface area contributed by atoms with Gasteiger partial charge < -0.3 is 15.2 Å². The summed E-state index contributed by atoms with van der Waals surface area (Å²) in [5.74, 6) is 1.10. The Morgan fingerprint density at radius 2 is 1.90 bits per heavy atom. The van der Waals surface area contributed by atoms with Crippen LogP contribution in [0.3, 0.4) is 0 Å². The number of aromatic amines is 1. The topological polar surface area (TPSA) is 95.0 Å². The molecule has 2 aliphatic rings. The fourth-order valence-electron chi connectivity index (χ4n) is 5.26. The highest BCUT2D eigenvalue weighted by molar-refractivity contribution is 5.83. The van der Waals surface area contributed by atoms with Crippen molar-refractivity contribution in [3.63, 3.8) is 0 Å². The van der Waals surface area contributed by atoms with E-state index >= 15 is 0 Å². The second-order valence-electron chi connectivity index (χ2n) is 10.7. The molecule has 1 saturated carbocycles. The molecule has 0 unspecified atom stereocenters. The SMILES string of the molecule is O=C(CC(F)(F)F)N1CCN(Cc2ccnc(Nc3nc4ccc(-c5cnn(CC6CCC6)c5)cc4[nH]3)c2)CC1. The zero-order valence-electron chi connectivity index (χ0n) is 22.0. The van der Waals surface area contributed by atoms with E-state index in [4.69, 9.17) is 0 Å². The standard InChI is InChI=1S/C28H31F3N8O/c29-28(30,31)14-26(40)38-10-8-37(9-11-38)16-20-6-7-32-25(12-20)36-27-34-23-5-4-21(13-24(23)35-27)22-15-33-39(18-22)17-19-2-1-3-19/h4-7,12-13,15,18-19H,1-3,8-11,14,16-17H2,(H2,32,34,35,36). The quantitative estimate of drug-likeness (QED) is 0.321. The van der Waals surface area contributed by atoms with Crippen molar-refractivity contribution in [3.05, 3.63) is 54.5 Å². The minimum Gasteiger partial charge on any atom is -0.340 e. The van der Waals surface area contributed by atoms with Gasteiger partial charge in [-0.1, -0.05) is 12.5 Å². The molecular formula is C28H31F3N8O. The van der Waals surface area contributed by atoms with Gasteiger partial charge in [0.15, 0.2) is 0 Å². The number of halogens is 3. The molecule has 2 N–H and O–H groups in total. The lowest BCUT2D eigenvalue weighted by atomic mass is 9.85. The molecule has 6 rings (SSSR count). The van der Waals surface area contributed by atoms with Gasteiger partial charge in [0, 0.05) is 57.2 Å². The molecule has 0 spiro atoms. The number of piperazine rings is 1. The first kappa shape index (κ1) is 26.3. The van der Waals surface area contributed by atoms with E-state index in [0.717, 1.165) is 40.2 Å². The molecule has 1 aromatic carbocycles. The van der Waals surface area contributed by atoms with Crippen LogP contribution >= 0.6 is 0 Å². The van der Waals surface area contributed by atoms with Crippen molar-refractivity contribution in [3.8, 4) is 11.1 Å². The molecule has 40 heavy (non-hydrogen) atoms. The maximum Gasteiger partial charge on any atom is 0.397 e. The number of imidazole rings is 1. The molecule has 1 aliphatic carbocycles. The zero-order chi connectivity index (χ0) is 27.7. The lowest BCUT2D eigenvalue weighted by Crippen LogP contribution is -2.49. The second-order valence-corrected chi connectivity index (χ2v) is 10.7. The van der Waals surface area contributed by atoms with Gasteiger partial charge in [0.1, 0.15) is 12.2 Å². The average Bonchev–Trinajstić information content (AvgIpc) is 3.52. The third-order valence-corrected chi connectivity index (χ3v) is 7.67. The number of H-pyrrole nitrogens is 1. The molecule has 4 heterocycles. The van der Waals surface area contributed by atoms with Crippen molar-refractivity contribution in [1.29, 1.82) is 0 Å². The first-order valence-electron chi connectivity index (χ1n) is 13.6. The number of anilines is 2. The average molecular weight is 553 g/mol. The first-order chi connectivity index (χ1) is 19.3. The van der Waals surface area contributed by atoms with Gasteiger partial charge in [-0.3, -0.25) is 14.4 Å². The Morgan fingerprint density at radius 3 is 2.65 bits per heavy atom. The molecule has 4 aromatic rings. The van der Waals surface area contributed by atoms with Gasteiger partial charge in [-0.05, 0) is 54.2 Å². The highest BCUT2D eigenvalue weighted by Gasteiger charge is 2.34. The van der Waals surface area contributed by atoms with Crippen molar-refractivity contribution in [1.82, 2.24) is 34.5 Å². The van der Waals surface area contributed by atoms with Crippen LogP contribution in [-0.2, 0) is 17.9 Å². The van der Waals surface area contributed by atoms with Crippen LogP contribution in [0, 0.1) is 5.92 Å². The van der Waals surface area contributed by atoms with Gasteiger partial charge in [-0.15, -0.1) is 0 Å². The molecule has 210 valence electrons. The molecule has 12 heteroatoms. The zero-order valence-corrected chi connectivity index (χ0v) is 22.0. The minimum atomic E-state index is -4.48. The van der Waals surface area contributed by atoms with Crippen LogP contribution in [0.1, 0.15) is 31.2 Å². The summed E-state index contributed by atoms with van der Waals surface area (Å²) in [6, 6.07) is 9.94. The predicted octanol–water partition coefficient (Wildman–Crippen LogP) is 4.96. The minimum absolute atomic E-state index is 0.285. The van der Waals surface area contributed by atoms with Crippen molar-refractivity contribution >= 4 is 28.7 Å². The predicted molar refractivity (Wildman–Crippen MR) is 145 cm³/mol. The monoisotopic (exact) mass is 552 g/mol. The van der Waals surface area contributed by atoms with Gasteiger partial charge in [0.05, 0.1) is 17.2 Å². The fraction of sp³-hybridized carbons (Fsp3) is 0.429. The van der Waals surface area contributed by atoms with E-state index in [1.54, 1.807) is 6.20 Å². The van der Waals surface area contributed by atoms with Gasteiger partial charge in [0.25, 0.3) is 0 Å². The molecule has 1 saturated heterocycles. The van der Waals surface area contributed by atoms with E-state index in [9.17, 15) is 18.0 Å². The lowest BCUT2D eigenvalue weighted by Gasteiger charge is -2.35. The molecule has 0 bridgehead atoms. The molecule has 1 amide bonds. The summed E-state index contributed by atoms with van der Waals surface area (Å²) < 4.78 is 39.6. The number of benzene rings is 1. The third kappa shape index (κ3) is 6.27. The molecule has 0 radical (unpaired) electrons. The highest BCUT2D eigenvalue weighted by Crippen LogP contribution is 2.29. The summed E-state index contributed by atoms with van der Waals surface area (Å²) in [6.07, 6.45) is 3.74. The van der Waals surface area contributed by atoms with E-state index < -0.39 is 18.5 Å². The lowest BCUT2D eigenvalue weighted by molar-refractivity contribution is -0.162. The van der Waals surface area contributed by atoms with Gasteiger partial charge in [0.2, 0.25) is 11.9 Å². The Kier molecular flexibility index (Phi) is 7.18. The number of alkyl halides is 3. The van der Waals surface area contributed by atoms with E-state index in [2.05, 4.69) is 42.5 Å². The Labute approximate surface area is 229 Å². The van der Waals surface area contributed by atoms with Crippen LogP contribution in [0.4, 0.5) is 24.9 Å². The molecule has 2 fully saturated rings. The number of pyridine rings is 1. The fourth-order valence-corrected chi connectivity index (χ4v) is 5.26. The number of nitrogens with one attached hydrogen (secondary N) is 2. The van der Waals surface area contributed by atoms with Gasteiger partial charge in [-0.2, -0.15) is 18.3 Å². The smallest absolute Gasteiger partial charge is 0.340 e. The van der Waals surface area contributed by atoms with E-state index in [-0.39, 0.29) is 13.1 Å². The Balaban J connectivity index is 1.06. The van der Waals surface area contributed by atoms with Crippen LogP contribution in [0.5, 0.6) is 0 Å². The number of rotatable bonds is 8. The largest absolute Gasteiger partial charge is 0.397 e. The Morgan fingerprint density at radius 1 is 1.07 bits per heavy atom. The summed E-state index contributed by atoms with van der Waals surface area (Å²) >= 11 is 0. The summed E-state index contributed by atoms with van der Waals surface area (Å²) in [7, 11) is 0. The van der Waals surface area contributed by atoms with E-state index in [1.165, 1.54) is 24.2 Å². The van der Waals surface area contributed by atoms with Crippen LogP contribution in [-0.4, -0.2) is 72.8 Å². The first-order valence-corrected chi connectivity index (χ1v) is 13.6. The van der Waals surface area contributed by atoms with E-state index in [1.807, 2.05) is 35.1 Å². The van der Waals surface area contributed by atoms with Crippen molar-refractivity contribution in [2.75, 3.05) is 31.5 Å². The number of aromatic nitrogens is 5. The Bertz CT molecular complexity index is 1480. The van der Waals surface area contributed by atoms with Crippen molar-refractivity contribution in [2.24, 2.45) is 5.92 Å². The number of amides is 1. The van der Waals surface area contributed by atoms with Crippen LogP contribution < -0.4 is 5.32 Å². The highest BCUT2D eigenvalue weighted by atomic mass is 19.4. The molecule has 3 aromatic heterocycles. The number of hydrogen-bond donors (Lipinski definition) is 2. The number of hydrogen-bond acceptors (Lipinski definition) is 6. The molecule has 0 atom stereocenters. The van der Waals surface area contributed by atoms with Gasteiger partial charge in [-0.25, -0.2) is 9.97 Å². The maximum absolute atomic E-state index is 12.5. The normalized spacial score (nSPS) is 16.8. The third-order valence-electron chi connectivity index (χ3n) is 7.67. The van der Waals surface area contributed by atoms with E-state index in [0.29, 0.717) is 31.4 Å². The molecule has 1 aliphatic heterocycles. The van der Waals surface area contributed by atoms with Crippen molar-refractivity contribution in [2.45, 2.75) is 44.9 Å². The number of nitrogens with zero attached hydrogens (tertiary/aromatic N) is 6. The summed E-state index contributed by atoms with van der Waals surface area (Å²) in [6.45, 7) is 3.18. The second kappa shape index (κ2) is 10.9. The summed E-state index contributed by atoms with van der Waals surface area (Å²) in [5.41, 5.74) is 4.89. The van der Waals surface area contributed by atoms with Crippen LogP contribution in [0.15, 0.2) is 48.9 Å². The van der Waals surface area contributed by atoms with Gasteiger partial charge >= 0.3 is 6.18 Å². The summed E-state index contributed by atoms with van der Waals surface area (Å²) in [5, 5.41) is 7.78. The summed E-state index contributed by atoms with van der Waals surface area (Å²) in [4.78, 5) is 27.7. The number of carbonyl (C=O) groups excluding carboxylic acids is 1. The van der Waals surface area contributed by atoms with Crippen LogP contribution in [0.25, 0.3) is 22.2 Å². The number of fused-ring (bicyclic) bond motifs is 1. The maximum atomic E-state index is 12.5. The molecule has 9 nitrogen and oxygen atoms in total. The number of carbonyl (C=O) groups is 1. The Hall–Kier alpha value is -3.93. The van der Waals surface area contributed by atoms with Crippen LogP contribution in [0.2, 0.25) is 0 Å². The van der Waals surface area contributed by atoms with Crippen molar-refractivity contribution < 1.29 is 18.0 Å².